The fourth-order valence-electron chi connectivity index (χ4n) is 1.15. The van der Waals surface area contributed by atoms with Gasteiger partial charge in [-0.15, -0.1) is 0 Å². The predicted octanol–water partition coefficient (Wildman–Crippen LogP) is 3.79. The molecule has 12 heavy (non-hydrogen) atoms. The minimum Gasteiger partial charge on any atom is -0.0984 e. The summed E-state index contributed by atoms with van der Waals surface area (Å²) in [6.45, 7) is 8.02. The number of aryl methyl sites for hydroxylation is 2. The first-order valence-electron chi connectivity index (χ1n) is 4.15. The van der Waals surface area contributed by atoms with Crippen LogP contribution in [0, 0.1) is 6.92 Å². The predicted molar refractivity (Wildman–Crippen MR) is 56.6 cm³/mol. The Hall–Kier alpha value is -0.690. The van der Waals surface area contributed by atoms with E-state index in [-0.39, 0.29) is 0 Å². The molecular weight excluding hydrogens is 164 g/mol. The maximum atomic E-state index is 3.70. The average Bonchev–Trinajstić information content (AvgIpc) is 2.09. The molecule has 0 spiro atoms. The zero-order chi connectivity index (χ0) is 8.97. The molecule has 0 nitrogen and oxygen atoms in total. The highest BCUT2D eigenvalue weighted by atomic mass is 32.2. The third kappa shape index (κ3) is 2.15. The molecule has 0 N–H and O–H groups in total. The summed E-state index contributed by atoms with van der Waals surface area (Å²) in [5.41, 5.74) is 2.75. The zero-order valence-corrected chi connectivity index (χ0v) is 8.45. The van der Waals surface area contributed by atoms with Crippen molar-refractivity contribution in [1.29, 1.82) is 0 Å². The fraction of sp³-hybridized carbons (Fsp3) is 0.273. The van der Waals surface area contributed by atoms with E-state index in [0.29, 0.717) is 0 Å². The number of rotatable bonds is 3. The van der Waals surface area contributed by atoms with Gasteiger partial charge in [0.05, 0.1) is 0 Å². The van der Waals surface area contributed by atoms with Gasteiger partial charge in [-0.3, -0.25) is 0 Å². The van der Waals surface area contributed by atoms with Crippen LogP contribution in [0.3, 0.4) is 0 Å². The average molecular weight is 178 g/mol. The molecule has 1 aromatic carbocycles. The van der Waals surface area contributed by atoms with Crippen LogP contribution < -0.4 is 0 Å². The Kier molecular flexibility index (Phi) is 3.42. The van der Waals surface area contributed by atoms with Gasteiger partial charge in [-0.25, -0.2) is 0 Å². The Morgan fingerprint density at radius 1 is 1.50 bits per heavy atom. The van der Waals surface area contributed by atoms with Gasteiger partial charge in [0.15, 0.2) is 0 Å². The molecule has 1 rings (SSSR count). The molecule has 0 radical (unpaired) electrons. The Morgan fingerprint density at radius 2 is 2.25 bits per heavy atom. The van der Waals surface area contributed by atoms with Gasteiger partial charge in [0.2, 0.25) is 0 Å². The van der Waals surface area contributed by atoms with Crippen LogP contribution in [0.15, 0.2) is 35.1 Å². The van der Waals surface area contributed by atoms with E-state index in [2.05, 4.69) is 38.6 Å². The maximum absolute atomic E-state index is 3.70. The van der Waals surface area contributed by atoms with Crippen molar-refractivity contribution in [1.82, 2.24) is 0 Å². The number of hydrogen-bond acceptors (Lipinski definition) is 1. The van der Waals surface area contributed by atoms with Crippen molar-refractivity contribution in [2.45, 2.75) is 25.2 Å². The summed E-state index contributed by atoms with van der Waals surface area (Å²) in [6, 6.07) is 6.59. The number of thioether (sulfide) groups is 1. The smallest absolute Gasteiger partial charge is 0.0145 e. The Labute approximate surface area is 78.7 Å². The van der Waals surface area contributed by atoms with E-state index in [9.17, 15) is 0 Å². The highest BCUT2D eigenvalue weighted by molar-refractivity contribution is 8.02. The molecule has 0 saturated carbocycles. The summed E-state index contributed by atoms with van der Waals surface area (Å²) in [5, 5.41) is 1.87. The monoisotopic (exact) mass is 178 g/mol. The zero-order valence-electron chi connectivity index (χ0n) is 7.63. The lowest BCUT2D eigenvalue weighted by Crippen LogP contribution is -1.83. The van der Waals surface area contributed by atoms with Crippen molar-refractivity contribution < 1.29 is 0 Å². The molecule has 0 fully saturated rings. The van der Waals surface area contributed by atoms with Crippen LogP contribution in [0.4, 0.5) is 0 Å². The highest BCUT2D eigenvalue weighted by Gasteiger charge is 1.97. The van der Waals surface area contributed by atoms with Gasteiger partial charge in [-0.1, -0.05) is 37.4 Å². The maximum Gasteiger partial charge on any atom is 0.0145 e. The van der Waals surface area contributed by atoms with Gasteiger partial charge in [0.1, 0.15) is 0 Å². The van der Waals surface area contributed by atoms with E-state index in [4.69, 9.17) is 0 Å². The van der Waals surface area contributed by atoms with Crippen LogP contribution in [-0.2, 0) is 6.42 Å². The fourth-order valence-corrected chi connectivity index (χ4v) is 1.72. The second-order valence-corrected chi connectivity index (χ2v) is 3.75. The molecule has 64 valence electrons. The molecule has 0 atom stereocenters. The molecule has 0 aliphatic heterocycles. The van der Waals surface area contributed by atoms with E-state index in [1.165, 1.54) is 16.0 Å². The molecule has 0 saturated heterocycles. The molecule has 0 aliphatic carbocycles. The summed E-state index contributed by atoms with van der Waals surface area (Å²) in [7, 11) is 0. The van der Waals surface area contributed by atoms with Crippen LogP contribution >= 0.6 is 11.8 Å². The third-order valence-corrected chi connectivity index (χ3v) is 2.74. The topological polar surface area (TPSA) is 0 Å². The SMILES string of the molecule is C=CSc1ccc(CC)cc1C. The summed E-state index contributed by atoms with van der Waals surface area (Å²) >= 11 is 1.68. The Bertz CT molecular complexity index is 276. The number of benzene rings is 1. The van der Waals surface area contributed by atoms with Gasteiger partial charge < -0.3 is 0 Å². The minimum absolute atomic E-state index is 1.11. The van der Waals surface area contributed by atoms with E-state index >= 15 is 0 Å². The van der Waals surface area contributed by atoms with Crippen LogP contribution in [0.2, 0.25) is 0 Å². The molecule has 0 heterocycles. The van der Waals surface area contributed by atoms with Crippen molar-refractivity contribution in [2.75, 3.05) is 0 Å². The van der Waals surface area contributed by atoms with E-state index < -0.39 is 0 Å². The van der Waals surface area contributed by atoms with Gasteiger partial charge in [-0.05, 0) is 35.9 Å². The molecule has 0 aliphatic rings. The Morgan fingerprint density at radius 3 is 2.75 bits per heavy atom. The first-order valence-corrected chi connectivity index (χ1v) is 5.03. The lowest BCUT2D eigenvalue weighted by Gasteiger charge is -2.03. The van der Waals surface area contributed by atoms with E-state index in [1.807, 2.05) is 5.41 Å². The van der Waals surface area contributed by atoms with Crippen LogP contribution in [0.25, 0.3) is 0 Å². The standard InChI is InChI=1S/C11H14S/c1-4-10-6-7-11(12-5-2)9(3)8-10/h5-8H,2,4H2,1,3H3. The van der Waals surface area contributed by atoms with Crippen molar-refractivity contribution in [3.63, 3.8) is 0 Å². The van der Waals surface area contributed by atoms with E-state index in [1.54, 1.807) is 11.8 Å². The van der Waals surface area contributed by atoms with Crippen molar-refractivity contribution >= 4 is 11.8 Å². The second-order valence-electron chi connectivity index (χ2n) is 2.74. The second kappa shape index (κ2) is 4.36. The van der Waals surface area contributed by atoms with Crippen molar-refractivity contribution in [3.8, 4) is 0 Å². The first-order chi connectivity index (χ1) is 5.77. The molecule has 0 aromatic heterocycles. The van der Waals surface area contributed by atoms with Gasteiger partial charge in [0.25, 0.3) is 0 Å². The number of hydrogen-bond donors (Lipinski definition) is 0. The molecule has 0 unspecified atom stereocenters. The molecule has 0 bridgehead atoms. The summed E-state index contributed by atoms with van der Waals surface area (Å²) in [6.07, 6.45) is 1.11. The minimum atomic E-state index is 1.11. The van der Waals surface area contributed by atoms with Crippen LogP contribution in [0.1, 0.15) is 18.1 Å². The molecular formula is C11H14S. The largest absolute Gasteiger partial charge is 0.0984 e. The van der Waals surface area contributed by atoms with Crippen molar-refractivity contribution in [3.05, 3.63) is 41.3 Å². The van der Waals surface area contributed by atoms with Crippen LogP contribution in [0.5, 0.6) is 0 Å². The quantitative estimate of drug-likeness (QED) is 0.634. The van der Waals surface area contributed by atoms with Crippen LogP contribution in [-0.4, -0.2) is 0 Å². The third-order valence-electron chi connectivity index (χ3n) is 1.86. The lowest BCUT2D eigenvalue weighted by molar-refractivity contribution is 1.11. The van der Waals surface area contributed by atoms with Gasteiger partial charge in [-0.2, -0.15) is 0 Å². The lowest BCUT2D eigenvalue weighted by atomic mass is 10.1. The first kappa shape index (κ1) is 9.40. The molecule has 1 heteroatoms. The summed E-state index contributed by atoms with van der Waals surface area (Å²) in [5.74, 6) is 0. The van der Waals surface area contributed by atoms with E-state index in [0.717, 1.165) is 6.42 Å². The molecule has 1 aromatic rings. The highest BCUT2D eigenvalue weighted by Crippen LogP contribution is 2.23. The van der Waals surface area contributed by atoms with Gasteiger partial charge >= 0.3 is 0 Å². The summed E-state index contributed by atoms with van der Waals surface area (Å²) < 4.78 is 0. The summed E-state index contributed by atoms with van der Waals surface area (Å²) in [4.78, 5) is 1.31. The Balaban J connectivity index is 2.94. The molecule has 0 amide bonds. The van der Waals surface area contributed by atoms with Crippen molar-refractivity contribution in [2.24, 2.45) is 0 Å². The normalized spacial score (nSPS) is 9.83. The van der Waals surface area contributed by atoms with Gasteiger partial charge in [0, 0.05) is 4.90 Å².